The van der Waals surface area contributed by atoms with E-state index in [4.69, 9.17) is 0 Å². The quantitative estimate of drug-likeness (QED) is 0.828. The number of pyridine rings is 1. The zero-order valence-corrected chi connectivity index (χ0v) is 9.94. The Labute approximate surface area is 100 Å². The maximum atomic E-state index is 11.5. The van der Waals surface area contributed by atoms with Crippen LogP contribution >= 0.6 is 0 Å². The Kier molecular flexibility index (Phi) is 3.65. The van der Waals surface area contributed by atoms with Crippen molar-refractivity contribution in [2.75, 3.05) is 5.32 Å². The molecule has 0 unspecified atom stereocenters. The predicted molar refractivity (Wildman–Crippen MR) is 69.1 cm³/mol. The molecule has 0 aliphatic heterocycles. The van der Waals surface area contributed by atoms with Crippen molar-refractivity contribution in [1.82, 2.24) is 9.55 Å². The fourth-order valence-corrected chi connectivity index (χ4v) is 1.73. The standard InChI is InChI=1S/C13H17N3O/c1-2-8-16-10-12(5-6-13(16)17)15-9-11-4-3-7-14-11/h3-7,10,14-15H,2,8-9H2,1H3. The molecule has 90 valence electrons. The van der Waals surface area contributed by atoms with Gasteiger partial charge in [0.15, 0.2) is 0 Å². The van der Waals surface area contributed by atoms with E-state index in [2.05, 4.69) is 17.2 Å². The molecule has 0 atom stereocenters. The fraction of sp³-hybridized carbons (Fsp3) is 0.308. The summed E-state index contributed by atoms with van der Waals surface area (Å²) in [5.74, 6) is 0. The second kappa shape index (κ2) is 5.39. The molecule has 2 aromatic rings. The van der Waals surface area contributed by atoms with Crippen molar-refractivity contribution in [3.05, 3.63) is 52.7 Å². The van der Waals surface area contributed by atoms with Crippen molar-refractivity contribution in [3.63, 3.8) is 0 Å². The van der Waals surface area contributed by atoms with Crippen molar-refractivity contribution >= 4 is 5.69 Å². The predicted octanol–water partition coefficient (Wildman–Crippen LogP) is 2.20. The number of aromatic nitrogens is 2. The first-order valence-corrected chi connectivity index (χ1v) is 5.86. The van der Waals surface area contributed by atoms with Crippen molar-refractivity contribution in [2.24, 2.45) is 0 Å². The summed E-state index contributed by atoms with van der Waals surface area (Å²) in [6, 6.07) is 7.41. The van der Waals surface area contributed by atoms with E-state index in [1.165, 1.54) is 0 Å². The van der Waals surface area contributed by atoms with Crippen LogP contribution in [0.2, 0.25) is 0 Å². The molecule has 17 heavy (non-hydrogen) atoms. The first-order valence-electron chi connectivity index (χ1n) is 5.86. The topological polar surface area (TPSA) is 49.8 Å². The highest BCUT2D eigenvalue weighted by atomic mass is 16.1. The van der Waals surface area contributed by atoms with Crippen LogP contribution in [0.25, 0.3) is 0 Å². The fourth-order valence-electron chi connectivity index (χ4n) is 1.73. The minimum absolute atomic E-state index is 0.0530. The Hall–Kier alpha value is -1.97. The Morgan fingerprint density at radius 1 is 1.35 bits per heavy atom. The highest BCUT2D eigenvalue weighted by molar-refractivity contribution is 5.40. The monoisotopic (exact) mass is 231 g/mol. The van der Waals surface area contributed by atoms with Gasteiger partial charge in [0.2, 0.25) is 0 Å². The molecule has 0 saturated carbocycles. The number of rotatable bonds is 5. The molecule has 0 aliphatic carbocycles. The summed E-state index contributed by atoms with van der Waals surface area (Å²) in [6.07, 6.45) is 4.73. The second-order valence-corrected chi connectivity index (χ2v) is 4.00. The average Bonchev–Trinajstić information content (AvgIpc) is 2.83. The molecule has 0 aromatic carbocycles. The van der Waals surface area contributed by atoms with Crippen molar-refractivity contribution < 1.29 is 0 Å². The van der Waals surface area contributed by atoms with E-state index < -0.39 is 0 Å². The highest BCUT2D eigenvalue weighted by Crippen LogP contribution is 2.06. The molecule has 4 heteroatoms. The van der Waals surface area contributed by atoms with E-state index in [9.17, 15) is 4.79 Å². The zero-order valence-electron chi connectivity index (χ0n) is 9.94. The van der Waals surface area contributed by atoms with Crippen LogP contribution in [0.3, 0.4) is 0 Å². The molecule has 0 spiro atoms. The smallest absolute Gasteiger partial charge is 0.250 e. The molecule has 0 amide bonds. The number of anilines is 1. The van der Waals surface area contributed by atoms with Gasteiger partial charge in [-0.3, -0.25) is 4.79 Å². The molecule has 0 aliphatic rings. The van der Waals surface area contributed by atoms with Gasteiger partial charge in [-0.1, -0.05) is 6.92 Å². The van der Waals surface area contributed by atoms with E-state index in [0.29, 0.717) is 0 Å². The van der Waals surface area contributed by atoms with Crippen LogP contribution in [0.15, 0.2) is 41.5 Å². The Bertz CT molecular complexity index is 514. The first kappa shape index (κ1) is 11.5. The Balaban J connectivity index is 2.06. The van der Waals surface area contributed by atoms with Crippen LogP contribution in [-0.4, -0.2) is 9.55 Å². The Morgan fingerprint density at radius 3 is 2.94 bits per heavy atom. The summed E-state index contributed by atoms with van der Waals surface area (Å²) < 4.78 is 1.73. The average molecular weight is 231 g/mol. The van der Waals surface area contributed by atoms with Crippen LogP contribution in [-0.2, 0) is 13.1 Å². The molecule has 2 heterocycles. The van der Waals surface area contributed by atoms with Gasteiger partial charge in [0.05, 0.1) is 12.2 Å². The van der Waals surface area contributed by atoms with Gasteiger partial charge in [0, 0.05) is 30.7 Å². The van der Waals surface area contributed by atoms with Crippen LogP contribution in [0.5, 0.6) is 0 Å². The van der Waals surface area contributed by atoms with Crippen LogP contribution < -0.4 is 10.9 Å². The van der Waals surface area contributed by atoms with E-state index >= 15 is 0 Å². The minimum Gasteiger partial charge on any atom is -0.378 e. The molecule has 2 rings (SSSR count). The minimum atomic E-state index is 0.0530. The lowest BCUT2D eigenvalue weighted by atomic mass is 10.3. The lowest BCUT2D eigenvalue weighted by Crippen LogP contribution is -2.18. The summed E-state index contributed by atoms with van der Waals surface area (Å²) >= 11 is 0. The summed E-state index contributed by atoms with van der Waals surface area (Å²) in [4.78, 5) is 14.7. The maximum absolute atomic E-state index is 11.5. The number of aryl methyl sites for hydroxylation is 1. The van der Waals surface area contributed by atoms with Gasteiger partial charge in [-0.05, 0) is 24.6 Å². The lowest BCUT2D eigenvalue weighted by Gasteiger charge is -2.08. The maximum Gasteiger partial charge on any atom is 0.250 e. The molecular weight excluding hydrogens is 214 g/mol. The summed E-state index contributed by atoms with van der Waals surface area (Å²) in [5.41, 5.74) is 2.14. The summed E-state index contributed by atoms with van der Waals surface area (Å²) in [6.45, 7) is 3.56. The number of nitrogens with zero attached hydrogens (tertiary/aromatic N) is 1. The SMILES string of the molecule is CCCn1cc(NCc2ccc[nH]2)ccc1=O. The largest absolute Gasteiger partial charge is 0.378 e. The summed E-state index contributed by atoms with van der Waals surface area (Å²) in [5, 5.41) is 3.28. The third kappa shape index (κ3) is 3.00. The van der Waals surface area contributed by atoms with Gasteiger partial charge in [-0.2, -0.15) is 0 Å². The van der Waals surface area contributed by atoms with Crippen LogP contribution in [0.1, 0.15) is 19.0 Å². The summed E-state index contributed by atoms with van der Waals surface area (Å²) in [7, 11) is 0. The molecule has 0 saturated heterocycles. The third-order valence-corrected chi connectivity index (χ3v) is 2.59. The molecule has 2 N–H and O–H groups in total. The van der Waals surface area contributed by atoms with Gasteiger partial charge in [0.25, 0.3) is 5.56 Å². The normalized spacial score (nSPS) is 10.4. The molecule has 0 fully saturated rings. The van der Waals surface area contributed by atoms with Crippen LogP contribution in [0.4, 0.5) is 5.69 Å². The lowest BCUT2D eigenvalue weighted by molar-refractivity contribution is 0.655. The van der Waals surface area contributed by atoms with E-state index in [1.807, 2.05) is 30.6 Å². The van der Waals surface area contributed by atoms with E-state index in [1.54, 1.807) is 10.6 Å². The van der Waals surface area contributed by atoms with Crippen LogP contribution in [0, 0.1) is 0 Å². The van der Waals surface area contributed by atoms with Gasteiger partial charge >= 0.3 is 0 Å². The van der Waals surface area contributed by atoms with Gasteiger partial charge in [0.1, 0.15) is 0 Å². The molecular formula is C13H17N3O. The number of hydrogen-bond acceptors (Lipinski definition) is 2. The zero-order chi connectivity index (χ0) is 12.1. The Morgan fingerprint density at radius 2 is 2.24 bits per heavy atom. The molecule has 2 aromatic heterocycles. The van der Waals surface area contributed by atoms with Crippen molar-refractivity contribution in [3.8, 4) is 0 Å². The van der Waals surface area contributed by atoms with Gasteiger partial charge < -0.3 is 14.9 Å². The number of aromatic amines is 1. The van der Waals surface area contributed by atoms with Crippen molar-refractivity contribution in [2.45, 2.75) is 26.4 Å². The number of H-pyrrole nitrogens is 1. The van der Waals surface area contributed by atoms with E-state index in [-0.39, 0.29) is 5.56 Å². The second-order valence-electron chi connectivity index (χ2n) is 4.00. The molecule has 0 bridgehead atoms. The van der Waals surface area contributed by atoms with E-state index in [0.717, 1.165) is 30.9 Å². The van der Waals surface area contributed by atoms with Crippen molar-refractivity contribution in [1.29, 1.82) is 0 Å². The third-order valence-electron chi connectivity index (χ3n) is 2.59. The number of hydrogen-bond donors (Lipinski definition) is 2. The number of nitrogens with one attached hydrogen (secondary N) is 2. The first-order chi connectivity index (χ1) is 8.29. The highest BCUT2D eigenvalue weighted by Gasteiger charge is 1.98. The van der Waals surface area contributed by atoms with Gasteiger partial charge in [-0.25, -0.2) is 0 Å². The van der Waals surface area contributed by atoms with Gasteiger partial charge in [-0.15, -0.1) is 0 Å². The molecule has 4 nitrogen and oxygen atoms in total. The molecule has 0 radical (unpaired) electrons.